The van der Waals surface area contributed by atoms with Gasteiger partial charge in [0.15, 0.2) is 0 Å². The normalized spacial score (nSPS) is 10.4. The molecule has 0 N–H and O–H groups in total. The van der Waals surface area contributed by atoms with E-state index < -0.39 is 0 Å². The van der Waals surface area contributed by atoms with Crippen LogP contribution in [0.25, 0.3) is 0 Å². The summed E-state index contributed by atoms with van der Waals surface area (Å²) < 4.78 is 1.86. The van der Waals surface area contributed by atoms with Crippen LogP contribution in [0, 0.1) is 6.92 Å². The summed E-state index contributed by atoms with van der Waals surface area (Å²) >= 11 is 6.17. The average Bonchev–Trinajstić information content (AvgIpc) is 2.66. The van der Waals surface area contributed by atoms with Gasteiger partial charge in [0.05, 0.1) is 6.54 Å². The predicted molar refractivity (Wildman–Crippen MR) is 57.5 cm³/mol. The van der Waals surface area contributed by atoms with Crippen LogP contribution in [0.3, 0.4) is 0 Å². The number of halogens is 1. The van der Waals surface area contributed by atoms with E-state index in [1.807, 2.05) is 42.1 Å². The smallest absolute Gasteiger partial charge is 0.0673 e. The van der Waals surface area contributed by atoms with Gasteiger partial charge in [-0.1, -0.05) is 29.8 Å². The Bertz CT molecular complexity index is 421. The highest BCUT2D eigenvalue weighted by atomic mass is 35.5. The molecule has 2 nitrogen and oxygen atoms in total. The Balaban J connectivity index is 2.29. The molecule has 0 saturated heterocycles. The molecule has 2 aromatic rings. The Morgan fingerprint density at radius 3 is 2.93 bits per heavy atom. The van der Waals surface area contributed by atoms with Crippen molar-refractivity contribution in [2.45, 2.75) is 13.5 Å². The van der Waals surface area contributed by atoms with Crippen LogP contribution < -0.4 is 0 Å². The van der Waals surface area contributed by atoms with Gasteiger partial charge >= 0.3 is 0 Å². The van der Waals surface area contributed by atoms with Crippen molar-refractivity contribution in [1.82, 2.24) is 9.78 Å². The highest BCUT2D eigenvalue weighted by Crippen LogP contribution is 2.20. The quantitative estimate of drug-likeness (QED) is 0.739. The van der Waals surface area contributed by atoms with Gasteiger partial charge in [0.1, 0.15) is 0 Å². The van der Waals surface area contributed by atoms with E-state index in [0.717, 1.165) is 22.7 Å². The molecular weight excluding hydrogens is 196 g/mol. The number of hydrogen-bond donors (Lipinski definition) is 0. The van der Waals surface area contributed by atoms with E-state index >= 15 is 0 Å². The van der Waals surface area contributed by atoms with Crippen molar-refractivity contribution in [3.05, 3.63) is 52.8 Å². The van der Waals surface area contributed by atoms with Gasteiger partial charge in [-0.15, -0.1) is 0 Å². The van der Waals surface area contributed by atoms with Crippen molar-refractivity contribution in [2.24, 2.45) is 0 Å². The van der Waals surface area contributed by atoms with Gasteiger partial charge in [-0.25, -0.2) is 0 Å². The van der Waals surface area contributed by atoms with Crippen LogP contribution >= 0.6 is 11.6 Å². The Kier molecular flexibility index (Phi) is 2.55. The molecular formula is C11H11ClN2. The first-order valence-electron chi connectivity index (χ1n) is 4.49. The third kappa shape index (κ3) is 1.80. The van der Waals surface area contributed by atoms with Crippen molar-refractivity contribution in [2.75, 3.05) is 0 Å². The van der Waals surface area contributed by atoms with Crippen molar-refractivity contribution in [3.63, 3.8) is 0 Å². The third-order valence-corrected chi connectivity index (χ3v) is 2.70. The Hall–Kier alpha value is -1.28. The second-order valence-electron chi connectivity index (χ2n) is 3.25. The zero-order valence-corrected chi connectivity index (χ0v) is 8.70. The molecule has 72 valence electrons. The Morgan fingerprint density at radius 1 is 1.36 bits per heavy atom. The summed E-state index contributed by atoms with van der Waals surface area (Å²) in [5.41, 5.74) is 2.21. The van der Waals surface area contributed by atoms with Crippen LogP contribution in [-0.2, 0) is 6.54 Å². The molecule has 1 aromatic heterocycles. The summed E-state index contributed by atoms with van der Waals surface area (Å²) in [5, 5.41) is 4.98. The Labute approximate surface area is 88.1 Å². The molecule has 0 aliphatic carbocycles. The van der Waals surface area contributed by atoms with E-state index in [1.54, 1.807) is 6.20 Å². The molecule has 3 heteroatoms. The zero-order chi connectivity index (χ0) is 9.97. The minimum Gasteiger partial charge on any atom is -0.268 e. The molecule has 1 heterocycles. The van der Waals surface area contributed by atoms with Crippen LogP contribution in [0.5, 0.6) is 0 Å². The molecule has 0 amide bonds. The van der Waals surface area contributed by atoms with Crippen LogP contribution in [0.4, 0.5) is 0 Å². The lowest BCUT2D eigenvalue weighted by Gasteiger charge is -2.06. The number of aryl methyl sites for hydroxylation is 1. The minimum absolute atomic E-state index is 0.730. The maximum Gasteiger partial charge on any atom is 0.0673 e. The molecule has 14 heavy (non-hydrogen) atoms. The van der Waals surface area contributed by atoms with Crippen LogP contribution in [0.15, 0.2) is 36.7 Å². The molecule has 0 spiro atoms. The maximum atomic E-state index is 6.17. The second kappa shape index (κ2) is 3.84. The lowest BCUT2D eigenvalue weighted by Crippen LogP contribution is -2.00. The number of rotatable bonds is 2. The summed E-state index contributed by atoms with van der Waals surface area (Å²) in [6, 6.07) is 7.95. The topological polar surface area (TPSA) is 17.8 Å². The van der Waals surface area contributed by atoms with Crippen LogP contribution in [-0.4, -0.2) is 9.78 Å². The van der Waals surface area contributed by atoms with E-state index in [2.05, 4.69) is 5.10 Å². The first-order valence-corrected chi connectivity index (χ1v) is 4.86. The van der Waals surface area contributed by atoms with Gasteiger partial charge in [-0.05, 0) is 24.1 Å². The van der Waals surface area contributed by atoms with Crippen LogP contribution in [0.2, 0.25) is 5.02 Å². The number of aromatic nitrogens is 2. The fraction of sp³-hybridized carbons (Fsp3) is 0.182. The third-order valence-electron chi connectivity index (χ3n) is 2.16. The van der Waals surface area contributed by atoms with E-state index in [9.17, 15) is 0 Å². The first kappa shape index (κ1) is 9.28. The van der Waals surface area contributed by atoms with E-state index in [1.165, 1.54) is 0 Å². The summed E-state index contributed by atoms with van der Waals surface area (Å²) in [5.74, 6) is 0. The maximum absolute atomic E-state index is 6.17. The summed E-state index contributed by atoms with van der Waals surface area (Å²) in [6.07, 6.45) is 3.70. The van der Waals surface area contributed by atoms with Gasteiger partial charge in [-0.3, -0.25) is 4.68 Å². The first-order chi connectivity index (χ1) is 6.77. The van der Waals surface area contributed by atoms with Crippen molar-refractivity contribution in [1.29, 1.82) is 0 Å². The number of hydrogen-bond acceptors (Lipinski definition) is 1. The lowest BCUT2D eigenvalue weighted by atomic mass is 10.1. The SMILES string of the molecule is Cc1cccc(Cn2cccn2)c1Cl. The summed E-state index contributed by atoms with van der Waals surface area (Å²) in [4.78, 5) is 0. The molecule has 0 aliphatic rings. The van der Waals surface area contributed by atoms with Gasteiger partial charge in [0.25, 0.3) is 0 Å². The van der Waals surface area contributed by atoms with Gasteiger partial charge in [-0.2, -0.15) is 5.10 Å². The molecule has 0 radical (unpaired) electrons. The molecule has 2 rings (SSSR count). The predicted octanol–water partition coefficient (Wildman–Crippen LogP) is 2.89. The standard InChI is InChI=1S/C11H11ClN2/c1-9-4-2-5-10(11(9)12)8-14-7-3-6-13-14/h2-7H,8H2,1H3. The average molecular weight is 207 g/mol. The van der Waals surface area contributed by atoms with Crippen molar-refractivity contribution < 1.29 is 0 Å². The highest BCUT2D eigenvalue weighted by Gasteiger charge is 2.02. The van der Waals surface area contributed by atoms with Crippen LogP contribution in [0.1, 0.15) is 11.1 Å². The monoisotopic (exact) mass is 206 g/mol. The number of benzene rings is 1. The number of nitrogens with zero attached hydrogens (tertiary/aromatic N) is 2. The van der Waals surface area contributed by atoms with E-state index in [0.29, 0.717) is 0 Å². The Morgan fingerprint density at radius 2 is 2.21 bits per heavy atom. The fourth-order valence-corrected chi connectivity index (χ4v) is 1.58. The molecule has 1 aromatic carbocycles. The molecule has 0 saturated carbocycles. The molecule has 0 bridgehead atoms. The summed E-state index contributed by atoms with van der Waals surface area (Å²) in [7, 11) is 0. The zero-order valence-electron chi connectivity index (χ0n) is 7.94. The van der Waals surface area contributed by atoms with E-state index in [4.69, 9.17) is 11.6 Å². The lowest BCUT2D eigenvalue weighted by molar-refractivity contribution is 0.686. The minimum atomic E-state index is 0.730. The molecule has 0 atom stereocenters. The molecule has 0 aliphatic heterocycles. The van der Waals surface area contributed by atoms with Crippen molar-refractivity contribution >= 4 is 11.6 Å². The molecule has 0 unspecified atom stereocenters. The van der Waals surface area contributed by atoms with Gasteiger partial charge in [0, 0.05) is 17.4 Å². The van der Waals surface area contributed by atoms with E-state index in [-0.39, 0.29) is 0 Å². The molecule has 0 fully saturated rings. The van der Waals surface area contributed by atoms with Gasteiger partial charge in [0.2, 0.25) is 0 Å². The summed E-state index contributed by atoms with van der Waals surface area (Å²) in [6.45, 7) is 2.74. The highest BCUT2D eigenvalue weighted by molar-refractivity contribution is 6.32. The largest absolute Gasteiger partial charge is 0.268 e. The second-order valence-corrected chi connectivity index (χ2v) is 3.63. The van der Waals surface area contributed by atoms with Gasteiger partial charge < -0.3 is 0 Å². The van der Waals surface area contributed by atoms with Crippen molar-refractivity contribution in [3.8, 4) is 0 Å². The fourth-order valence-electron chi connectivity index (χ4n) is 1.40.